The molecule has 0 radical (unpaired) electrons. The molecule has 32 heavy (non-hydrogen) atoms. The minimum absolute atomic E-state index is 0.0825. The van der Waals surface area contributed by atoms with E-state index < -0.39 is 16.1 Å². The van der Waals surface area contributed by atoms with Crippen molar-refractivity contribution in [3.8, 4) is 5.75 Å². The van der Waals surface area contributed by atoms with Crippen molar-refractivity contribution in [3.05, 3.63) is 88.9 Å². The highest BCUT2D eigenvalue weighted by Gasteiger charge is 2.31. The Morgan fingerprint density at radius 2 is 1.72 bits per heavy atom. The van der Waals surface area contributed by atoms with Gasteiger partial charge in [-0.1, -0.05) is 48.0 Å². The Kier molecular flexibility index (Phi) is 7.56. The molecule has 6 nitrogen and oxygen atoms in total. The standard InChI is InChI=1S/C24H25ClN2O4S/c1-17-9-12-19(25)15-22(17)26-24(28)16-23(18-10-13-20(31-3)14-11-18)27(2)32(29,30)21-7-5-4-6-8-21/h4-15,23H,16H2,1-3H3,(H,26,28)/t23-/m0/s1. The van der Waals surface area contributed by atoms with E-state index in [4.69, 9.17) is 16.3 Å². The molecule has 0 saturated carbocycles. The van der Waals surface area contributed by atoms with Crippen LogP contribution in [0.1, 0.15) is 23.6 Å². The van der Waals surface area contributed by atoms with Gasteiger partial charge in [-0.3, -0.25) is 4.79 Å². The summed E-state index contributed by atoms with van der Waals surface area (Å²) in [5, 5.41) is 3.35. The summed E-state index contributed by atoms with van der Waals surface area (Å²) in [6, 6.07) is 19.6. The van der Waals surface area contributed by atoms with E-state index in [9.17, 15) is 13.2 Å². The molecular formula is C24H25ClN2O4S. The zero-order chi connectivity index (χ0) is 23.3. The molecule has 3 rings (SSSR count). The number of ether oxygens (including phenoxy) is 1. The Balaban J connectivity index is 1.93. The number of hydrogen-bond acceptors (Lipinski definition) is 4. The molecule has 0 aliphatic heterocycles. The largest absolute Gasteiger partial charge is 0.497 e. The number of carbonyl (C=O) groups excluding carboxylic acids is 1. The fraction of sp³-hybridized carbons (Fsp3) is 0.208. The molecule has 0 spiro atoms. The zero-order valence-corrected chi connectivity index (χ0v) is 19.7. The van der Waals surface area contributed by atoms with Crippen molar-refractivity contribution in [3.63, 3.8) is 0 Å². The van der Waals surface area contributed by atoms with E-state index in [1.165, 1.54) is 23.5 Å². The molecule has 0 bridgehead atoms. The van der Waals surface area contributed by atoms with Crippen molar-refractivity contribution in [2.75, 3.05) is 19.5 Å². The molecule has 1 amide bonds. The molecule has 1 atom stereocenters. The molecule has 0 heterocycles. The number of nitrogens with zero attached hydrogens (tertiary/aromatic N) is 1. The number of amides is 1. The molecule has 168 valence electrons. The average Bonchev–Trinajstić information content (AvgIpc) is 2.80. The topological polar surface area (TPSA) is 75.7 Å². The minimum atomic E-state index is -3.83. The third kappa shape index (κ3) is 5.48. The van der Waals surface area contributed by atoms with Crippen molar-refractivity contribution in [2.24, 2.45) is 0 Å². The van der Waals surface area contributed by atoms with Crippen molar-refractivity contribution in [1.29, 1.82) is 0 Å². The maximum absolute atomic E-state index is 13.3. The lowest BCUT2D eigenvalue weighted by Crippen LogP contribution is -2.34. The second kappa shape index (κ2) is 10.2. The van der Waals surface area contributed by atoms with Gasteiger partial charge in [0.2, 0.25) is 15.9 Å². The van der Waals surface area contributed by atoms with Crippen molar-refractivity contribution in [2.45, 2.75) is 24.3 Å². The molecule has 3 aromatic rings. The number of methoxy groups -OCH3 is 1. The van der Waals surface area contributed by atoms with E-state index in [1.807, 2.05) is 13.0 Å². The van der Waals surface area contributed by atoms with Gasteiger partial charge in [-0.05, 0) is 54.4 Å². The molecule has 0 aliphatic carbocycles. The molecule has 0 aromatic heterocycles. The Morgan fingerprint density at radius 1 is 1.06 bits per heavy atom. The van der Waals surface area contributed by atoms with Gasteiger partial charge in [0.15, 0.2) is 0 Å². The van der Waals surface area contributed by atoms with Gasteiger partial charge in [-0.2, -0.15) is 4.31 Å². The lowest BCUT2D eigenvalue weighted by atomic mass is 10.0. The lowest BCUT2D eigenvalue weighted by molar-refractivity contribution is -0.117. The van der Waals surface area contributed by atoms with Gasteiger partial charge in [0.25, 0.3) is 0 Å². The highest BCUT2D eigenvalue weighted by molar-refractivity contribution is 7.89. The highest BCUT2D eigenvalue weighted by atomic mass is 35.5. The number of nitrogens with one attached hydrogen (secondary N) is 1. The van der Waals surface area contributed by atoms with E-state index in [1.54, 1.807) is 61.7 Å². The first-order valence-corrected chi connectivity index (χ1v) is 11.8. The Bertz CT molecular complexity index is 1180. The third-order valence-corrected chi connectivity index (χ3v) is 7.33. The maximum Gasteiger partial charge on any atom is 0.243 e. The summed E-state index contributed by atoms with van der Waals surface area (Å²) in [6.45, 7) is 1.86. The van der Waals surface area contributed by atoms with E-state index in [0.717, 1.165) is 5.56 Å². The van der Waals surface area contributed by atoms with Crippen LogP contribution in [0.3, 0.4) is 0 Å². The predicted molar refractivity (Wildman–Crippen MR) is 127 cm³/mol. The van der Waals surface area contributed by atoms with Gasteiger partial charge >= 0.3 is 0 Å². The minimum Gasteiger partial charge on any atom is -0.497 e. The van der Waals surface area contributed by atoms with Crippen LogP contribution < -0.4 is 10.1 Å². The summed E-state index contributed by atoms with van der Waals surface area (Å²) in [5.74, 6) is 0.311. The molecule has 0 saturated heterocycles. The molecule has 0 unspecified atom stereocenters. The Hall–Kier alpha value is -2.87. The fourth-order valence-corrected chi connectivity index (χ4v) is 4.85. The molecule has 0 aliphatic rings. The van der Waals surface area contributed by atoms with E-state index in [-0.39, 0.29) is 17.2 Å². The van der Waals surface area contributed by atoms with Crippen LogP contribution in [0.2, 0.25) is 5.02 Å². The van der Waals surface area contributed by atoms with E-state index in [0.29, 0.717) is 22.0 Å². The van der Waals surface area contributed by atoms with Gasteiger partial charge in [-0.25, -0.2) is 8.42 Å². The van der Waals surface area contributed by atoms with Crippen LogP contribution in [0.4, 0.5) is 5.69 Å². The normalized spacial score (nSPS) is 12.4. The number of benzene rings is 3. The quantitative estimate of drug-likeness (QED) is 0.498. The molecule has 3 aromatic carbocycles. The summed E-state index contributed by atoms with van der Waals surface area (Å²) in [7, 11) is -0.798. The van der Waals surface area contributed by atoms with Crippen molar-refractivity contribution < 1.29 is 17.9 Å². The van der Waals surface area contributed by atoms with Crippen molar-refractivity contribution >= 4 is 33.2 Å². The molecular weight excluding hydrogens is 448 g/mol. The summed E-state index contributed by atoms with van der Waals surface area (Å²) in [6.07, 6.45) is -0.0825. The van der Waals surface area contributed by atoms with Gasteiger partial charge in [0.05, 0.1) is 18.0 Å². The monoisotopic (exact) mass is 472 g/mol. The number of anilines is 1. The highest BCUT2D eigenvalue weighted by Crippen LogP contribution is 2.31. The summed E-state index contributed by atoms with van der Waals surface area (Å²) in [4.78, 5) is 13.1. The van der Waals surface area contributed by atoms with Crippen LogP contribution in [0.5, 0.6) is 5.75 Å². The van der Waals surface area contributed by atoms with Crippen molar-refractivity contribution in [1.82, 2.24) is 4.31 Å². The van der Waals surface area contributed by atoms with E-state index >= 15 is 0 Å². The number of sulfonamides is 1. The molecule has 0 fully saturated rings. The SMILES string of the molecule is COc1ccc([C@H](CC(=O)Nc2cc(Cl)ccc2C)N(C)S(=O)(=O)c2ccccc2)cc1. The first-order valence-electron chi connectivity index (χ1n) is 9.95. The Morgan fingerprint density at radius 3 is 2.34 bits per heavy atom. The number of aryl methyl sites for hydroxylation is 1. The number of halogens is 1. The van der Waals surface area contributed by atoms with Crippen LogP contribution in [0.25, 0.3) is 0 Å². The summed E-state index contributed by atoms with van der Waals surface area (Å²) < 4.78 is 33.0. The molecule has 1 N–H and O–H groups in total. The van der Waals surface area contributed by atoms with Gasteiger partial charge in [-0.15, -0.1) is 0 Å². The average molecular weight is 473 g/mol. The zero-order valence-electron chi connectivity index (χ0n) is 18.1. The number of carbonyl (C=O) groups is 1. The Labute approximate surface area is 193 Å². The fourth-order valence-electron chi connectivity index (χ4n) is 3.31. The predicted octanol–water partition coefficient (Wildman–Crippen LogP) is 5.05. The first kappa shape index (κ1) is 23.8. The van der Waals surface area contributed by atoms with Crippen LogP contribution in [0, 0.1) is 6.92 Å². The van der Waals surface area contributed by atoms with Crippen LogP contribution in [-0.4, -0.2) is 32.8 Å². The van der Waals surface area contributed by atoms with Crippen LogP contribution in [0.15, 0.2) is 77.7 Å². The summed E-state index contributed by atoms with van der Waals surface area (Å²) in [5.41, 5.74) is 2.12. The second-order valence-corrected chi connectivity index (χ2v) is 9.77. The second-order valence-electron chi connectivity index (χ2n) is 7.33. The molecule has 8 heteroatoms. The lowest BCUT2D eigenvalue weighted by Gasteiger charge is -2.28. The van der Waals surface area contributed by atoms with Gasteiger partial charge < -0.3 is 10.1 Å². The number of rotatable bonds is 8. The van der Waals surface area contributed by atoms with Crippen LogP contribution in [-0.2, 0) is 14.8 Å². The smallest absolute Gasteiger partial charge is 0.243 e. The number of hydrogen-bond donors (Lipinski definition) is 1. The van der Waals surface area contributed by atoms with Crippen LogP contribution >= 0.6 is 11.6 Å². The summed E-state index contributed by atoms with van der Waals surface area (Å²) >= 11 is 6.06. The van der Waals surface area contributed by atoms with Gasteiger partial charge in [0, 0.05) is 24.2 Å². The van der Waals surface area contributed by atoms with Gasteiger partial charge in [0.1, 0.15) is 5.75 Å². The first-order chi connectivity index (χ1) is 15.2. The maximum atomic E-state index is 13.3. The third-order valence-electron chi connectivity index (χ3n) is 5.21. The van der Waals surface area contributed by atoms with E-state index in [2.05, 4.69) is 5.32 Å².